The van der Waals surface area contributed by atoms with Crippen molar-refractivity contribution in [3.8, 4) is 6.01 Å². The van der Waals surface area contributed by atoms with E-state index in [1.165, 1.54) is 0 Å². The minimum atomic E-state index is -0.481. The third-order valence-corrected chi connectivity index (χ3v) is 3.06. The molecule has 1 aromatic heterocycles. The summed E-state index contributed by atoms with van der Waals surface area (Å²) in [5, 5.41) is 0. The monoisotopic (exact) mass is 293 g/mol. The van der Waals surface area contributed by atoms with Crippen LogP contribution in [0.1, 0.15) is 39.2 Å². The summed E-state index contributed by atoms with van der Waals surface area (Å²) in [6.07, 6.45) is 4.83. The van der Waals surface area contributed by atoms with Gasteiger partial charge in [-0.05, 0) is 46.1 Å². The van der Waals surface area contributed by atoms with E-state index in [1.54, 1.807) is 17.3 Å². The first kappa shape index (κ1) is 15.5. The van der Waals surface area contributed by atoms with Crippen LogP contribution in [-0.2, 0) is 4.74 Å². The predicted molar refractivity (Wildman–Crippen MR) is 78.2 cm³/mol. The molecule has 0 bridgehead atoms. The Bertz CT molecular complexity index is 482. The van der Waals surface area contributed by atoms with Crippen LogP contribution in [0.2, 0.25) is 0 Å². The van der Waals surface area contributed by atoms with Gasteiger partial charge in [0.25, 0.3) is 0 Å². The lowest BCUT2D eigenvalue weighted by Crippen LogP contribution is -2.46. The standard InChI is InChI=1S/C15H23N3O3/c1-11-8-16-13(17-9-11)20-12-6-5-7-18(10-12)14(19)21-15(2,3)4/h8-9,12H,5-7,10H2,1-4H3. The quantitative estimate of drug-likeness (QED) is 0.838. The van der Waals surface area contributed by atoms with Crippen molar-refractivity contribution >= 4 is 6.09 Å². The fourth-order valence-electron chi connectivity index (χ4n) is 2.12. The van der Waals surface area contributed by atoms with Crippen LogP contribution in [0.15, 0.2) is 12.4 Å². The van der Waals surface area contributed by atoms with Crippen LogP contribution in [-0.4, -0.2) is 45.8 Å². The zero-order valence-electron chi connectivity index (χ0n) is 13.1. The Balaban J connectivity index is 1.91. The largest absolute Gasteiger partial charge is 0.458 e. The molecule has 0 spiro atoms. The van der Waals surface area contributed by atoms with Gasteiger partial charge in [0.05, 0.1) is 6.54 Å². The molecule has 0 N–H and O–H groups in total. The van der Waals surface area contributed by atoms with Crippen LogP contribution < -0.4 is 4.74 Å². The maximum Gasteiger partial charge on any atom is 0.410 e. The molecule has 0 aliphatic carbocycles. The van der Waals surface area contributed by atoms with E-state index in [0.29, 0.717) is 19.1 Å². The highest BCUT2D eigenvalue weighted by Crippen LogP contribution is 2.18. The molecule has 1 fully saturated rings. The molecule has 1 amide bonds. The number of piperidine rings is 1. The van der Waals surface area contributed by atoms with E-state index in [4.69, 9.17) is 9.47 Å². The van der Waals surface area contributed by atoms with Gasteiger partial charge in [-0.2, -0.15) is 0 Å². The second kappa shape index (κ2) is 6.28. The molecule has 116 valence electrons. The number of amides is 1. The summed E-state index contributed by atoms with van der Waals surface area (Å²) in [6.45, 7) is 8.72. The molecule has 2 heterocycles. The molecule has 0 aromatic carbocycles. The minimum absolute atomic E-state index is 0.0889. The van der Waals surface area contributed by atoms with Crippen LogP contribution in [0.4, 0.5) is 4.79 Å². The molecule has 1 aromatic rings. The molecule has 1 aliphatic heterocycles. The van der Waals surface area contributed by atoms with Gasteiger partial charge >= 0.3 is 12.1 Å². The van der Waals surface area contributed by atoms with Crippen molar-refractivity contribution < 1.29 is 14.3 Å². The molecule has 6 nitrogen and oxygen atoms in total. The highest BCUT2D eigenvalue weighted by atomic mass is 16.6. The van der Waals surface area contributed by atoms with Gasteiger partial charge in [-0.25, -0.2) is 14.8 Å². The van der Waals surface area contributed by atoms with Crippen LogP contribution in [0.25, 0.3) is 0 Å². The molecule has 0 saturated carbocycles. The molecular weight excluding hydrogens is 270 g/mol. The molecule has 2 rings (SSSR count). The Morgan fingerprint density at radius 3 is 2.62 bits per heavy atom. The number of hydrogen-bond acceptors (Lipinski definition) is 5. The van der Waals surface area contributed by atoms with Crippen molar-refractivity contribution in [2.75, 3.05) is 13.1 Å². The zero-order valence-corrected chi connectivity index (χ0v) is 13.1. The number of hydrogen-bond donors (Lipinski definition) is 0. The molecule has 1 atom stereocenters. The third kappa shape index (κ3) is 4.88. The van der Waals surface area contributed by atoms with Gasteiger partial charge in [0, 0.05) is 18.9 Å². The van der Waals surface area contributed by atoms with Crippen molar-refractivity contribution in [1.29, 1.82) is 0 Å². The van der Waals surface area contributed by atoms with Crippen molar-refractivity contribution in [2.45, 2.75) is 52.2 Å². The number of carbonyl (C=O) groups is 1. The summed E-state index contributed by atoms with van der Waals surface area (Å²) in [4.78, 5) is 22.0. The van der Waals surface area contributed by atoms with E-state index in [1.807, 2.05) is 27.7 Å². The Kier molecular flexibility index (Phi) is 4.65. The zero-order chi connectivity index (χ0) is 15.5. The van der Waals surface area contributed by atoms with Gasteiger partial charge in [0.2, 0.25) is 0 Å². The molecular formula is C15H23N3O3. The van der Waals surface area contributed by atoms with E-state index < -0.39 is 5.60 Å². The lowest BCUT2D eigenvalue weighted by atomic mass is 10.1. The summed E-state index contributed by atoms with van der Waals surface area (Å²) >= 11 is 0. The van der Waals surface area contributed by atoms with Crippen LogP contribution >= 0.6 is 0 Å². The minimum Gasteiger partial charge on any atom is -0.458 e. The Morgan fingerprint density at radius 2 is 2.00 bits per heavy atom. The molecule has 21 heavy (non-hydrogen) atoms. The summed E-state index contributed by atoms with van der Waals surface area (Å²) in [7, 11) is 0. The number of aryl methyl sites for hydroxylation is 1. The molecule has 0 radical (unpaired) electrons. The van der Waals surface area contributed by atoms with Gasteiger partial charge in [0.15, 0.2) is 0 Å². The fourth-order valence-corrected chi connectivity index (χ4v) is 2.12. The fraction of sp³-hybridized carbons (Fsp3) is 0.667. The number of aromatic nitrogens is 2. The van der Waals surface area contributed by atoms with E-state index in [-0.39, 0.29) is 12.2 Å². The average Bonchev–Trinajstić information content (AvgIpc) is 2.40. The van der Waals surface area contributed by atoms with Crippen molar-refractivity contribution in [3.63, 3.8) is 0 Å². The van der Waals surface area contributed by atoms with Gasteiger partial charge in [-0.15, -0.1) is 0 Å². The maximum absolute atomic E-state index is 12.1. The Hall–Kier alpha value is -1.85. The number of ether oxygens (including phenoxy) is 2. The topological polar surface area (TPSA) is 64.5 Å². The van der Waals surface area contributed by atoms with Crippen molar-refractivity contribution in [3.05, 3.63) is 18.0 Å². The van der Waals surface area contributed by atoms with Crippen LogP contribution in [0.3, 0.4) is 0 Å². The second-order valence-electron chi connectivity index (χ2n) is 6.35. The summed E-state index contributed by atoms with van der Waals surface area (Å²) in [5.41, 5.74) is 0.506. The summed E-state index contributed by atoms with van der Waals surface area (Å²) in [6, 6.07) is 0.358. The van der Waals surface area contributed by atoms with E-state index in [0.717, 1.165) is 18.4 Å². The van der Waals surface area contributed by atoms with E-state index in [2.05, 4.69) is 9.97 Å². The van der Waals surface area contributed by atoms with E-state index in [9.17, 15) is 4.79 Å². The predicted octanol–water partition coefficient (Wildman–Crippen LogP) is 2.56. The summed E-state index contributed by atoms with van der Waals surface area (Å²) in [5.74, 6) is 0. The van der Waals surface area contributed by atoms with Gasteiger partial charge in [-0.1, -0.05) is 0 Å². The SMILES string of the molecule is Cc1cnc(OC2CCCN(C(=O)OC(C)(C)C)C2)nc1. The third-order valence-electron chi connectivity index (χ3n) is 3.06. The number of likely N-dealkylation sites (tertiary alicyclic amines) is 1. The first-order valence-corrected chi connectivity index (χ1v) is 7.27. The van der Waals surface area contributed by atoms with Crippen molar-refractivity contribution in [2.24, 2.45) is 0 Å². The lowest BCUT2D eigenvalue weighted by molar-refractivity contribution is 0.00660. The smallest absolute Gasteiger partial charge is 0.410 e. The van der Waals surface area contributed by atoms with Gasteiger partial charge < -0.3 is 14.4 Å². The normalized spacial score (nSPS) is 19.2. The maximum atomic E-state index is 12.1. The molecule has 1 saturated heterocycles. The van der Waals surface area contributed by atoms with Crippen molar-refractivity contribution in [1.82, 2.24) is 14.9 Å². The average molecular weight is 293 g/mol. The highest BCUT2D eigenvalue weighted by Gasteiger charge is 2.28. The van der Waals surface area contributed by atoms with Crippen LogP contribution in [0.5, 0.6) is 6.01 Å². The Labute approximate surface area is 125 Å². The molecule has 1 aliphatic rings. The number of rotatable bonds is 2. The lowest BCUT2D eigenvalue weighted by Gasteiger charge is -2.33. The number of carbonyl (C=O) groups excluding carboxylic acids is 1. The highest BCUT2D eigenvalue weighted by molar-refractivity contribution is 5.68. The van der Waals surface area contributed by atoms with E-state index >= 15 is 0 Å². The number of nitrogens with zero attached hydrogens (tertiary/aromatic N) is 3. The summed E-state index contributed by atoms with van der Waals surface area (Å²) < 4.78 is 11.1. The van der Waals surface area contributed by atoms with Gasteiger partial charge in [-0.3, -0.25) is 0 Å². The molecule has 6 heteroatoms. The second-order valence-corrected chi connectivity index (χ2v) is 6.35. The first-order chi connectivity index (χ1) is 9.83. The van der Waals surface area contributed by atoms with Gasteiger partial charge in [0.1, 0.15) is 11.7 Å². The van der Waals surface area contributed by atoms with Crippen LogP contribution in [0, 0.1) is 6.92 Å². The molecule has 1 unspecified atom stereocenters. The first-order valence-electron chi connectivity index (χ1n) is 7.27. The Morgan fingerprint density at radius 1 is 1.33 bits per heavy atom.